The standard InChI is InChI=1S/C16H18N6OS/c1-3-6-12-11(2)20-16-18-10-19-22(16)15(12)24-9-14(23)21-13-7-4-5-8-17-13/h4-5,7-8,10H,3,6,9H2,1-2H3,(H,17,21,23). The minimum Gasteiger partial charge on any atom is -0.310 e. The molecule has 1 amide bonds. The smallest absolute Gasteiger partial charge is 0.253 e. The van der Waals surface area contributed by atoms with Gasteiger partial charge in [-0.1, -0.05) is 31.2 Å². The Bertz CT molecular complexity index is 848. The number of nitrogens with one attached hydrogen (secondary N) is 1. The third-order valence-corrected chi connectivity index (χ3v) is 4.56. The van der Waals surface area contributed by atoms with Gasteiger partial charge in [0.1, 0.15) is 17.2 Å². The second-order valence-corrected chi connectivity index (χ2v) is 6.22. The van der Waals surface area contributed by atoms with Gasteiger partial charge in [0.2, 0.25) is 5.91 Å². The summed E-state index contributed by atoms with van der Waals surface area (Å²) in [5, 5.41) is 7.96. The van der Waals surface area contributed by atoms with Crippen molar-refractivity contribution in [3.8, 4) is 0 Å². The summed E-state index contributed by atoms with van der Waals surface area (Å²) in [5.74, 6) is 1.27. The number of fused-ring (bicyclic) bond motifs is 1. The molecule has 0 bridgehead atoms. The van der Waals surface area contributed by atoms with E-state index in [1.165, 1.54) is 18.1 Å². The maximum Gasteiger partial charge on any atom is 0.253 e. The van der Waals surface area contributed by atoms with Crippen LogP contribution in [0.25, 0.3) is 5.78 Å². The molecule has 0 saturated heterocycles. The van der Waals surface area contributed by atoms with Crippen molar-refractivity contribution in [1.29, 1.82) is 0 Å². The van der Waals surface area contributed by atoms with Gasteiger partial charge in [0, 0.05) is 17.5 Å². The lowest BCUT2D eigenvalue weighted by molar-refractivity contribution is -0.113. The Morgan fingerprint density at radius 2 is 2.21 bits per heavy atom. The van der Waals surface area contributed by atoms with E-state index < -0.39 is 0 Å². The SMILES string of the molecule is CCCc1c(C)nc2ncnn2c1SCC(=O)Nc1ccccn1. The first-order valence-electron chi connectivity index (χ1n) is 7.72. The van der Waals surface area contributed by atoms with Crippen LogP contribution in [0, 0.1) is 6.92 Å². The maximum atomic E-state index is 12.2. The summed E-state index contributed by atoms with van der Waals surface area (Å²) in [6.07, 6.45) is 5.01. The highest BCUT2D eigenvalue weighted by atomic mass is 32.2. The van der Waals surface area contributed by atoms with Crippen LogP contribution in [0.3, 0.4) is 0 Å². The summed E-state index contributed by atoms with van der Waals surface area (Å²) in [5.41, 5.74) is 2.05. The van der Waals surface area contributed by atoms with Gasteiger partial charge in [-0.2, -0.15) is 14.6 Å². The number of thioether (sulfide) groups is 1. The lowest BCUT2D eigenvalue weighted by atomic mass is 10.1. The zero-order valence-corrected chi connectivity index (χ0v) is 14.4. The third kappa shape index (κ3) is 3.53. The van der Waals surface area contributed by atoms with E-state index in [0.717, 1.165) is 29.1 Å². The Morgan fingerprint density at radius 3 is 2.96 bits per heavy atom. The third-order valence-electron chi connectivity index (χ3n) is 3.46. The van der Waals surface area contributed by atoms with Crippen molar-refractivity contribution >= 4 is 29.3 Å². The average Bonchev–Trinajstić information content (AvgIpc) is 3.03. The van der Waals surface area contributed by atoms with Crippen molar-refractivity contribution in [1.82, 2.24) is 24.6 Å². The first-order valence-corrected chi connectivity index (χ1v) is 8.70. The number of carbonyl (C=O) groups is 1. The average molecular weight is 342 g/mol. The molecule has 0 fully saturated rings. The predicted molar refractivity (Wildman–Crippen MR) is 93.1 cm³/mol. The molecule has 0 aliphatic carbocycles. The number of aromatic nitrogens is 5. The van der Waals surface area contributed by atoms with Crippen LogP contribution in [-0.2, 0) is 11.2 Å². The van der Waals surface area contributed by atoms with Crippen LogP contribution in [-0.4, -0.2) is 36.2 Å². The normalized spacial score (nSPS) is 10.9. The second-order valence-electron chi connectivity index (χ2n) is 5.25. The van der Waals surface area contributed by atoms with E-state index >= 15 is 0 Å². The maximum absolute atomic E-state index is 12.2. The van der Waals surface area contributed by atoms with Crippen LogP contribution in [0.15, 0.2) is 35.7 Å². The van der Waals surface area contributed by atoms with Gasteiger partial charge in [-0.3, -0.25) is 4.79 Å². The molecule has 0 atom stereocenters. The highest BCUT2D eigenvalue weighted by Gasteiger charge is 2.16. The fourth-order valence-electron chi connectivity index (χ4n) is 2.39. The van der Waals surface area contributed by atoms with Gasteiger partial charge in [-0.25, -0.2) is 9.97 Å². The van der Waals surface area contributed by atoms with Crippen molar-refractivity contribution in [2.45, 2.75) is 31.7 Å². The molecule has 24 heavy (non-hydrogen) atoms. The molecule has 0 radical (unpaired) electrons. The summed E-state index contributed by atoms with van der Waals surface area (Å²) in [6, 6.07) is 5.40. The van der Waals surface area contributed by atoms with Crippen molar-refractivity contribution in [3.63, 3.8) is 0 Å². The van der Waals surface area contributed by atoms with Gasteiger partial charge in [-0.15, -0.1) is 0 Å². The lowest BCUT2D eigenvalue weighted by Gasteiger charge is -2.12. The van der Waals surface area contributed by atoms with Gasteiger partial charge >= 0.3 is 0 Å². The van der Waals surface area contributed by atoms with Gasteiger partial charge in [0.15, 0.2) is 0 Å². The van der Waals surface area contributed by atoms with Crippen molar-refractivity contribution in [2.75, 3.05) is 11.1 Å². The first kappa shape index (κ1) is 16.4. The van der Waals surface area contributed by atoms with E-state index in [1.807, 2.05) is 19.1 Å². The molecule has 0 aliphatic heterocycles. The largest absolute Gasteiger partial charge is 0.310 e. The number of carbonyl (C=O) groups excluding carboxylic acids is 1. The van der Waals surface area contributed by atoms with Crippen molar-refractivity contribution < 1.29 is 4.79 Å². The Balaban J connectivity index is 1.80. The van der Waals surface area contributed by atoms with Gasteiger partial charge in [0.25, 0.3) is 5.78 Å². The number of amides is 1. The van der Waals surface area contributed by atoms with Crippen molar-refractivity contribution in [2.24, 2.45) is 0 Å². The topological polar surface area (TPSA) is 85.1 Å². The van der Waals surface area contributed by atoms with E-state index in [0.29, 0.717) is 11.6 Å². The number of hydrogen-bond acceptors (Lipinski definition) is 6. The fourth-order valence-corrected chi connectivity index (χ4v) is 3.41. The lowest BCUT2D eigenvalue weighted by Crippen LogP contribution is -2.16. The quantitative estimate of drug-likeness (QED) is 0.547. The van der Waals surface area contributed by atoms with E-state index in [4.69, 9.17) is 0 Å². The molecule has 0 saturated carbocycles. The molecule has 124 valence electrons. The molecule has 0 aliphatic rings. The number of aryl methyl sites for hydroxylation is 1. The monoisotopic (exact) mass is 342 g/mol. The molecule has 0 aromatic carbocycles. The Hall–Kier alpha value is -2.48. The highest BCUT2D eigenvalue weighted by Crippen LogP contribution is 2.26. The Labute approximate surface area is 143 Å². The minimum absolute atomic E-state index is 0.108. The molecule has 7 nitrogen and oxygen atoms in total. The molecule has 3 aromatic rings. The van der Waals surface area contributed by atoms with Gasteiger partial charge in [0.05, 0.1) is 5.75 Å². The molecule has 1 N–H and O–H groups in total. The zero-order chi connectivity index (χ0) is 16.9. The van der Waals surface area contributed by atoms with Crippen LogP contribution >= 0.6 is 11.8 Å². The molecular weight excluding hydrogens is 324 g/mol. The minimum atomic E-state index is -0.108. The number of anilines is 1. The van der Waals surface area contributed by atoms with Crippen molar-refractivity contribution in [3.05, 3.63) is 42.0 Å². The molecule has 0 spiro atoms. The van der Waals surface area contributed by atoms with Gasteiger partial charge in [-0.05, 0) is 25.5 Å². The molecule has 3 heterocycles. The first-order chi connectivity index (χ1) is 11.7. The van der Waals surface area contributed by atoms with Crippen LogP contribution in [0.2, 0.25) is 0 Å². The summed E-state index contributed by atoms with van der Waals surface area (Å²) in [4.78, 5) is 24.9. The number of nitrogens with zero attached hydrogens (tertiary/aromatic N) is 5. The van der Waals surface area contributed by atoms with E-state index in [2.05, 4.69) is 32.3 Å². The Kier molecular flexibility index (Phi) is 5.05. The summed E-state index contributed by atoms with van der Waals surface area (Å²) >= 11 is 1.44. The Morgan fingerprint density at radius 1 is 1.33 bits per heavy atom. The predicted octanol–water partition coefficient (Wildman–Crippen LogP) is 2.51. The van der Waals surface area contributed by atoms with Crippen LogP contribution in [0.1, 0.15) is 24.6 Å². The molecule has 3 aromatic heterocycles. The molecule has 8 heteroatoms. The molecular formula is C16H18N6OS. The zero-order valence-electron chi connectivity index (χ0n) is 13.6. The number of pyridine rings is 1. The molecule has 0 unspecified atom stereocenters. The van der Waals surface area contributed by atoms with Crippen LogP contribution in [0.4, 0.5) is 5.82 Å². The summed E-state index contributed by atoms with van der Waals surface area (Å²) in [6.45, 7) is 4.09. The van der Waals surface area contributed by atoms with Crippen LogP contribution in [0.5, 0.6) is 0 Å². The number of hydrogen-bond donors (Lipinski definition) is 1. The van der Waals surface area contributed by atoms with E-state index in [1.54, 1.807) is 16.8 Å². The van der Waals surface area contributed by atoms with Crippen LogP contribution < -0.4 is 5.32 Å². The molecule has 3 rings (SSSR count). The highest BCUT2D eigenvalue weighted by molar-refractivity contribution is 8.00. The van der Waals surface area contributed by atoms with E-state index in [9.17, 15) is 4.79 Å². The van der Waals surface area contributed by atoms with E-state index in [-0.39, 0.29) is 11.7 Å². The fraction of sp³-hybridized carbons (Fsp3) is 0.312. The second kappa shape index (κ2) is 7.39. The van der Waals surface area contributed by atoms with Gasteiger partial charge < -0.3 is 5.32 Å². The summed E-state index contributed by atoms with van der Waals surface area (Å²) in [7, 11) is 0. The number of rotatable bonds is 6. The summed E-state index contributed by atoms with van der Waals surface area (Å²) < 4.78 is 1.71.